The molecule has 0 aliphatic rings. The normalized spacial score (nSPS) is 12.6. The maximum absolute atomic E-state index is 13.5. The molecule has 3 nitrogen and oxygen atoms in total. The monoisotopic (exact) mass is 279 g/mol. The van der Waals surface area contributed by atoms with Gasteiger partial charge in [-0.3, -0.25) is 0 Å². The van der Waals surface area contributed by atoms with Crippen molar-refractivity contribution in [3.8, 4) is 0 Å². The molecule has 0 amide bonds. The van der Waals surface area contributed by atoms with E-state index in [-0.39, 0.29) is 11.9 Å². The predicted octanol–water partition coefficient (Wildman–Crippen LogP) is 3.25. The molecule has 2 rings (SSSR count). The van der Waals surface area contributed by atoms with Gasteiger partial charge >= 0.3 is 0 Å². The third-order valence-corrected chi connectivity index (χ3v) is 3.97. The SMILES string of the molecule is CCNC(c1cc(F)ccc1C)c1snnc1CC. The van der Waals surface area contributed by atoms with E-state index in [1.54, 1.807) is 6.07 Å². The van der Waals surface area contributed by atoms with Crippen molar-refractivity contribution in [1.82, 2.24) is 14.9 Å². The summed E-state index contributed by atoms with van der Waals surface area (Å²) in [5.41, 5.74) is 3.02. The Kier molecular flexibility index (Phi) is 4.61. The molecule has 1 unspecified atom stereocenters. The first kappa shape index (κ1) is 14.1. The molecular formula is C14H18FN3S. The minimum Gasteiger partial charge on any atom is -0.306 e. The number of hydrogen-bond acceptors (Lipinski definition) is 4. The highest BCUT2D eigenvalue weighted by atomic mass is 32.1. The summed E-state index contributed by atoms with van der Waals surface area (Å²) in [6, 6.07) is 4.88. The summed E-state index contributed by atoms with van der Waals surface area (Å²) < 4.78 is 17.5. The van der Waals surface area contributed by atoms with Crippen LogP contribution in [0.5, 0.6) is 0 Å². The number of aryl methyl sites for hydroxylation is 2. The quantitative estimate of drug-likeness (QED) is 0.913. The standard InChI is InChI=1S/C14H18FN3S/c1-4-12-14(19-18-17-12)13(16-5-2)11-8-10(15)7-6-9(11)3/h6-8,13,16H,4-5H2,1-3H3. The average molecular weight is 279 g/mol. The van der Waals surface area contributed by atoms with Gasteiger partial charge in [-0.15, -0.1) is 5.10 Å². The Hall–Kier alpha value is -1.33. The van der Waals surface area contributed by atoms with Crippen molar-refractivity contribution in [1.29, 1.82) is 0 Å². The van der Waals surface area contributed by atoms with Crippen molar-refractivity contribution in [2.75, 3.05) is 6.54 Å². The molecule has 0 saturated carbocycles. The van der Waals surface area contributed by atoms with Crippen LogP contribution in [0.2, 0.25) is 0 Å². The van der Waals surface area contributed by atoms with Crippen LogP contribution in [0.4, 0.5) is 4.39 Å². The minimum absolute atomic E-state index is 0.0318. The largest absolute Gasteiger partial charge is 0.306 e. The molecule has 1 N–H and O–H groups in total. The van der Waals surface area contributed by atoms with Crippen LogP contribution in [0.1, 0.15) is 41.6 Å². The van der Waals surface area contributed by atoms with Crippen LogP contribution in [0.3, 0.4) is 0 Å². The topological polar surface area (TPSA) is 37.8 Å². The van der Waals surface area contributed by atoms with Gasteiger partial charge in [0.15, 0.2) is 0 Å². The first-order valence-electron chi connectivity index (χ1n) is 6.47. The molecule has 19 heavy (non-hydrogen) atoms. The summed E-state index contributed by atoms with van der Waals surface area (Å²) in [7, 11) is 0. The Morgan fingerprint density at radius 2 is 2.16 bits per heavy atom. The molecule has 0 radical (unpaired) electrons. The third-order valence-electron chi connectivity index (χ3n) is 3.14. The second-order valence-electron chi connectivity index (χ2n) is 4.43. The zero-order chi connectivity index (χ0) is 13.8. The van der Waals surface area contributed by atoms with Crippen LogP contribution in [-0.2, 0) is 6.42 Å². The summed E-state index contributed by atoms with van der Waals surface area (Å²) >= 11 is 1.39. The number of nitrogens with zero attached hydrogens (tertiary/aromatic N) is 2. The summed E-state index contributed by atoms with van der Waals surface area (Å²) in [5, 5.41) is 7.56. The second-order valence-corrected chi connectivity index (χ2v) is 5.21. The molecule has 0 fully saturated rings. The zero-order valence-electron chi connectivity index (χ0n) is 11.4. The van der Waals surface area contributed by atoms with E-state index >= 15 is 0 Å². The van der Waals surface area contributed by atoms with Gasteiger partial charge in [-0.2, -0.15) is 0 Å². The van der Waals surface area contributed by atoms with Gasteiger partial charge in [0.1, 0.15) is 5.82 Å². The molecule has 1 atom stereocenters. The van der Waals surface area contributed by atoms with Gasteiger partial charge in [-0.25, -0.2) is 4.39 Å². The van der Waals surface area contributed by atoms with Crippen LogP contribution < -0.4 is 5.32 Å². The maximum atomic E-state index is 13.5. The van der Waals surface area contributed by atoms with Crippen LogP contribution in [0.15, 0.2) is 18.2 Å². The molecule has 5 heteroatoms. The van der Waals surface area contributed by atoms with Crippen molar-refractivity contribution >= 4 is 11.5 Å². The molecule has 0 aliphatic heterocycles. The van der Waals surface area contributed by atoms with Crippen LogP contribution in [0.25, 0.3) is 0 Å². The molecule has 102 valence electrons. The second kappa shape index (κ2) is 6.21. The van der Waals surface area contributed by atoms with E-state index in [0.717, 1.165) is 34.7 Å². The maximum Gasteiger partial charge on any atom is 0.123 e. The van der Waals surface area contributed by atoms with E-state index in [1.165, 1.54) is 17.6 Å². The van der Waals surface area contributed by atoms with Gasteiger partial charge in [-0.05, 0) is 54.7 Å². The molecular weight excluding hydrogens is 261 g/mol. The number of aromatic nitrogens is 2. The highest BCUT2D eigenvalue weighted by molar-refractivity contribution is 7.05. The highest BCUT2D eigenvalue weighted by Gasteiger charge is 2.21. The van der Waals surface area contributed by atoms with Crippen molar-refractivity contribution in [2.24, 2.45) is 0 Å². The van der Waals surface area contributed by atoms with Crippen molar-refractivity contribution in [3.63, 3.8) is 0 Å². The Morgan fingerprint density at radius 1 is 1.37 bits per heavy atom. The lowest BCUT2D eigenvalue weighted by Gasteiger charge is -2.19. The zero-order valence-corrected chi connectivity index (χ0v) is 12.2. The molecule has 1 heterocycles. The van der Waals surface area contributed by atoms with E-state index < -0.39 is 0 Å². The summed E-state index contributed by atoms with van der Waals surface area (Å²) in [4.78, 5) is 1.08. The van der Waals surface area contributed by atoms with Crippen molar-refractivity contribution in [2.45, 2.75) is 33.2 Å². The fourth-order valence-corrected chi connectivity index (χ4v) is 2.98. The molecule has 0 bridgehead atoms. The van der Waals surface area contributed by atoms with E-state index in [2.05, 4.69) is 21.8 Å². The lowest BCUT2D eigenvalue weighted by atomic mass is 9.98. The number of nitrogens with one attached hydrogen (secondary N) is 1. The minimum atomic E-state index is -0.209. The average Bonchev–Trinajstić information content (AvgIpc) is 2.87. The van der Waals surface area contributed by atoms with Crippen LogP contribution >= 0.6 is 11.5 Å². The summed E-state index contributed by atoms with van der Waals surface area (Å²) in [6.45, 7) is 6.91. The van der Waals surface area contributed by atoms with Crippen LogP contribution in [-0.4, -0.2) is 16.1 Å². The summed E-state index contributed by atoms with van der Waals surface area (Å²) in [5.74, 6) is -0.209. The fraction of sp³-hybridized carbons (Fsp3) is 0.429. The van der Waals surface area contributed by atoms with E-state index in [4.69, 9.17) is 0 Å². The molecule has 1 aromatic carbocycles. The Balaban J connectivity index is 2.48. The number of rotatable bonds is 5. The molecule has 0 saturated heterocycles. The summed E-state index contributed by atoms with van der Waals surface area (Å²) in [6.07, 6.45) is 0.835. The Labute approximate surface area is 117 Å². The van der Waals surface area contributed by atoms with Crippen LogP contribution in [0, 0.1) is 12.7 Å². The number of halogens is 1. The van der Waals surface area contributed by atoms with Gasteiger partial charge < -0.3 is 5.32 Å². The molecule has 0 spiro atoms. The van der Waals surface area contributed by atoms with E-state index in [9.17, 15) is 4.39 Å². The number of hydrogen-bond donors (Lipinski definition) is 1. The molecule has 1 aromatic heterocycles. The Bertz CT molecular complexity index is 553. The van der Waals surface area contributed by atoms with Gasteiger partial charge in [0, 0.05) is 0 Å². The van der Waals surface area contributed by atoms with Gasteiger partial charge in [0.25, 0.3) is 0 Å². The van der Waals surface area contributed by atoms with E-state index in [1.807, 2.05) is 19.9 Å². The fourth-order valence-electron chi connectivity index (χ4n) is 2.15. The molecule has 2 aromatic rings. The van der Waals surface area contributed by atoms with Gasteiger partial charge in [0.05, 0.1) is 16.6 Å². The predicted molar refractivity (Wildman–Crippen MR) is 75.9 cm³/mol. The third kappa shape index (κ3) is 2.98. The van der Waals surface area contributed by atoms with Crippen molar-refractivity contribution < 1.29 is 4.39 Å². The lowest BCUT2D eigenvalue weighted by Crippen LogP contribution is -2.23. The lowest BCUT2D eigenvalue weighted by molar-refractivity contribution is 0.602. The van der Waals surface area contributed by atoms with E-state index in [0.29, 0.717) is 0 Å². The highest BCUT2D eigenvalue weighted by Crippen LogP contribution is 2.29. The first-order chi connectivity index (χ1) is 9.17. The smallest absolute Gasteiger partial charge is 0.123 e. The first-order valence-corrected chi connectivity index (χ1v) is 7.25. The molecule has 0 aliphatic carbocycles. The van der Waals surface area contributed by atoms with Gasteiger partial charge in [-0.1, -0.05) is 24.4 Å². The number of benzene rings is 1. The van der Waals surface area contributed by atoms with Gasteiger partial charge in [0.2, 0.25) is 0 Å². The van der Waals surface area contributed by atoms with Crippen molar-refractivity contribution in [3.05, 3.63) is 45.7 Å². The Morgan fingerprint density at radius 3 is 2.84 bits per heavy atom.